The zero-order valence-electron chi connectivity index (χ0n) is 15.7. The minimum atomic E-state index is -0.363. The van der Waals surface area contributed by atoms with Gasteiger partial charge in [0.05, 0.1) is 16.9 Å². The second-order valence-corrected chi connectivity index (χ2v) is 7.40. The van der Waals surface area contributed by atoms with Crippen LogP contribution in [0.25, 0.3) is 22.1 Å². The minimum absolute atomic E-state index is 0.112. The van der Waals surface area contributed by atoms with E-state index in [2.05, 4.69) is 20.4 Å². The highest BCUT2D eigenvalue weighted by molar-refractivity contribution is 7.13. The van der Waals surface area contributed by atoms with E-state index in [1.807, 2.05) is 82.9 Å². The van der Waals surface area contributed by atoms with E-state index in [4.69, 9.17) is 0 Å². The molecule has 0 atom stereocenters. The quantitative estimate of drug-likeness (QED) is 0.463. The molecular formula is C22H16N6OS. The average molecular weight is 412 g/mol. The fraction of sp³-hybridized carbons (Fsp3) is 0. The number of anilines is 1. The van der Waals surface area contributed by atoms with Crippen LogP contribution in [-0.4, -0.2) is 30.2 Å². The summed E-state index contributed by atoms with van der Waals surface area (Å²) in [6.07, 6.45) is 5.30. The number of para-hydroxylation sites is 1. The van der Waals surface area contributed by atoms with Gasteiger partial charge in [-0.2, -0.15) is 0 Å². The fourth-order valence-electron chi connectivity index (χ4n) is 3.04. The lowest BCUT2D eigenvalue weighted by atomic mass is 10.2. The van der Waals surface area contributed by atoms with Gasteiger partial charge in [0.25, 0.3) is 5.91 Å². The lowest BCUT2D eigenvalue weighted by Gasteiger charge is -2.05. The third-order valence-corrected chi connectivity index (χ3v) is 5.35. The van der Waals surface area contributed by atoms with E-state index in [9.17, 15) is 4.79 Å². The van der Waals surface area contributed by atoms with Gasteiger partial charge in [-0.15, -0.1) is 16.4 Å². The van der Waals surface area contributed by atoms with Crippen LogP contribution in [0.1, 0.15) is 10.6 Å². The van der Waals surface area contributed by atoms with Gasteiger partial charge in [-0.05, 0) is 47.8 Å². The summed E-state index contributed by atoms with van der Waals surface area (Å²) in [6, 6.07) is 21.1. The molecule has 2 aromatic carbocycles. The highest BCUT2D eigenvalue weighted by atomic mass is 32.1. The summed E-state index contributed by atoms with van der Waals surface area (Å²) in [5.74, 6) is 0.385. The first-order valence-corrected chi connectivity index (χ1v) is 10.1. The Balaban J connectivity index is 1.43. The molecule has 0 saturated carbocycles. The van der Waals surface area contributed by atoms with Gasteiger partial charge in [-0.1, -0.05) is 24.3 Å². The van der Waals surface area contributed by atoms with Crippen molar-refractivity contribution in [3.8, 4) is 22.1 Å². The summed E-state index contributed by atoms with van der Waals surface area (Å²) in [7, 11) is 0. The van der Waals surface area contributed by atoms with Crippen molar-refractivity contribution < 1.29 is 4.79 Å². The van der Waals surface area contributed by atoms with Gasteiger partial charge in [0.2, 0.25) is 5.82 Å². The maximum atomic E-state index is 12.8. The van der Waals surface area contributed by atoms with Crippen LogP contribution in [0.4, 0.5) is 5.69 Å². The Morgan fingerprint density at radius 1 is 0.933 bits per heavy atom. The van der Waals surface area contributed by atoms with E-state index in [0.29, 0.717) is 11.5 Å². The smallest absolute Gasteiger partial charge is 0.295 e. The number of imidazole rings is 1. The van der Waals surface area contributed by atoms with Crippen molar-refractivity contribution in [3.05, 3.63) is 96.7 Å². The van der Waals surface area contributed by atoms with E-state index >= 15 is 0 Å². The van der Waals surface area contributed by atoms with Gasteiger partial charge in [0.15, 0.2) is 5.82 Å². The number of amides is 1. The molecule has 30 heavy (non-hydrogen) atoms. The highest BCUT2D eigenvalue weighted by Crippen LogP contribution is 2.25. The molecule has 1 N–H and O–H groups in total. The molecule has 0 aliphatic rings. The predicted octanol–water partition coefficient (Wildman–Crippen LogP) is 4.43. The number of thiophene rings is 1. The van der Waals surface area contributed by atoms with Crippen molar-refractivity contribution in [2.75, 3.05) is 5.32 Å². The zero-order chi connectivity index (χ0) is 20.3. The molecule has 0 aliphatic heterocycles. The SMILES string of the molecule is O=C(Nc1ccc(-n2ccnc2)cc1)c1nc(-c2cccs2)n(-c2ccccc2)n1. The summed E-state index contributed by atoms with van der Waals surface area (Å²) < 4.78 is 3.59. The van der Waals surface area contributed by atoms with E-state index in [1.54, 1.807) is 28.5 Å². The molecule has 0 fully saturated rings. The van der Waals surface area contributed by atoms with E-state index < -0.39 is 0 Å². The van der Waals surface area contributed by atoms with Crippen LogP contribution in [0.15, 0.2) is 90.8 Å². The van der Waals surface area contributed by atoms with E-state index in [0.717, 1.165) is 16.3 Å². The lowest BCUT2D eigenvalue weighted by molar-refractivity contribution is 0.101. The molecule has 7 nitrogen and oxygen atoms in total. The van der Waals surface area contributed by atoms with Crippen molar-refractivity contribution in [3.63, 3.8) is 0 Å². The number of carbonyl (C=O) groups is 1. The number of rotatable bonds is 5. The third-order valence-electron chi connectivity index (χ3n) is 4.48. The first-order chi connectivity index (χ1) is 14.8. The predicted molar refractivity (Wildman–Crippen MR) is 116 cm³/mol. The van der Waals surface area contributed by atoms with Crippen LogP contribution in [0, 0.1) is 0 Å². The fourth-order valence-corrected chi connectivity index (χ4v) is 3.74. The molecule has 8 heteroatoms. The van der Waals surface area contributed by atoms with Crippen LogP contribution in [0.5, 0.6) is 0 Å². The number of aromatic nitrogens is 5. The maximum absolute atomic E-state index is 12.8. The Morgan fingerprint density at radius 2 is 1.77 bits per heavy atom. The number of hydrogen-bond donors (Lipinski definition) is 1. The second kappa shape index (κ2) is 7.76. The summed E-state index contributed by atoms with van der Waals surface area (Å²) >= 11 is 1.55. The molecule has 0 bridgehead atoms. The Morgan fingerprint density at radius 3 is 2.47 bits per heavy atom. The molecule has 5 aromatic rings. The number of nitrogens with one attached hydrogen (secondary N) is 1. The Hall–Kier alpha value is -4.04. The summed E-state index contributed by atoms with van der Waals surface area (Å²) in [4.78, 5) is 22.3. The van der Waals surface area contributed by atoms with Crippen LogP contribution in [0.3, 0.4) is 0 Å². The van der Waals surface area contributed by atoms with Gasteiger partial charge in [0.1, 0.15) is 0 Å². The molecule has 3 aromatic heterocycles. The van der Waals surface area contributed by atoms with Crippen molar-refractivity contribution in [2.24, 2.45) is 0 Å². The van der Waals surface area contributed by atoms with Gasteiger partial charge in [0, 0.05) is 23.8 Å². The molecule has 0 radical (unpaired) electrons. The molecule has 146 valence electrons. The summed E-state index contributed by atoms with van der Waals surface area (Å²) in [6.45, 7) is 0. The molecule has 5 rings (SSSR count). The van der Waals surface area contributed by atoms with Gasteiger partial charge >= 0.3 is 0 Å². The molecule has 1 amide bonds. The molecule has 0 spiro atoms. The van der Waals surface area contributed by atoms with Gasteiger partial charge in [-0.25, -0.2) is 14.6 Å². The largest absolute Gasteiger partial charge is 0.319 e. The molecule has 0 saturated heterocycles. The molecule has 0 unspecified atom stereocenters. The van der Waals surface area contributed by atoms with Crippen LogP contribution in [-0.2, 0) is 0 Å². The van der Waals surface area contributed by atoms with E-state index in [-0.39, 0.29) is 11.7 Å². The number of carbonyl (C=O) groups excluding carboxylic acids is 1. The zero-order valence-corrected chi connectivity index (χ0v) is 16.5. The Kier molecular flexibility index (Phi) is 4.66. The lowest BCUT2D eigenvalue weighted by Crippen LogP contribution is -2.14. The first kappa shape index (κ1) is 18.0. The summed E-state index contributed by atoms with van der Waals surface area (Å²) in [5.41, 5.74) is 2.46. The standard InChI is InChI=1S/C22H16N6OS/c29-22(24-16-8-10-17(11-9-16)27-13-12-23-15-27)20-25-21(19-7-4-14-30-19)28(26-20)18-5-2-1-3-6-18/h1-15H,(H,24,29). The Labute approximate surface area is 176 Å². The average Bonchev–Trinajstić information content (AvgIpc) is 3.56. The van der Waals surface area contributed by atoms with Crippen LogP contribution >= 0.6 is 11.3 Å². The maximum Gasteiger partial charge on any atom is 0.295 e. The minimum Gasteiger partial charge on any atom is -0.319 e. The number of hydrogen-bond acceptors (Lipinski definition) is 5. The van der Waals surface area contributed by atoms with Crippen LogP contribution in [0.2, 0.25) is 0 Å². The third kappa shape index (κ3) is 3.51. The molecule has 3 heterocycles. The van der Waals surface area contributed by atoms with Crippen LogP contribution < -0.4 is 5.32 Å². The molecular weight excluding hydrogens is 396 g/mol. The van der Waals surface area contributed by atoms with E-state index in [1.165, 1.54) is 0 Å². The van der Waals surface area contributed by atoms with Crippen molar-refractivity contribution in [1.82, 2.24) is 24.3 Å². The monoisotopic (exact) mass is 412 g/mol. The second-order valence-electron chi connectivity index (χ2n) is 6.45. The number of nitrogens with zero attached hydrogens (tertiary/aromatic N) is 5. The van der Waals surface area contributed by atoms with Gasteiger partial charge in [-0.3, -0.25) is 4.79 Å². The van der Waals surface area contributed by atoms with Crippen molar-refractivity contribution >= 4 is 22.9 Å². The Bertz CT molecular complexity index is 1260. The van der Waals surface area contributed by atoms with Gasteiger partial charge < -0.3 is 9.88 Å². The number of benzene rings is 2. The topological polar surface area (TPSA) is 77.6 Å². The first-order valence-electron chi connectivity index (χ1n) is 9.24. The summed E-state index contributed by atoms with van der Waals surface area (Å²) in [5, 5.41) is 9.32. The van der Waals surface area contributed by atoms with Crippen molar-refractivity contribution in [2.45, 2.75) is 0 Å². The van der Waals surface area contributed by atoms with Crippen molar-refractivity contribution in [1.29, 1.82) is 0 Å². The normalized spacial score (nSPS) is 10.8. The highest BCUT2D eigenvalue weighted by Gasteiger charge is 2.19. The molecule has 0 aliphatic carbocycles.